The predicted octanol–water partition coefficient (Wildman–Crippen LogP) is 3.28. The van der Waals surface area contributed by atoms with Gasteiger partial charge >= 0.3 is 6.18 Å². The minimum Gasteiger partial charge on any atom is -0.333 e. The van der Waals surface area contributed by atoms with Crippen molar-refractivity contribution in [3.05, 3.63) is 46.8 Å². The molecule has 0 fully saturated rings. The van der Waals surface area contributed by atoms with E-state index < -0.39 is 59.5 Å². The zero-order chi connectivity index (χ0) is 22.6. The number of hydrogen-bond acceptors (Lipinski definition) is 4. The zero-order valence-electron chi connectivity index (χ0n) is 16.1. The van der Waals surface area contributed by atoms with Crippen molar-refractivity contribution in [2.24, 2.45) is 0 Å². The third-order valence-corrected chi connectivity index (χ3v) is 4.18. The Morgan fingerprint density at radius 1 is 1.00 bits per heavy atom. The summed E-state index contributed by atoms with van der Waals surface area (Å²) >= 11 is 0. The van der Waals surface area contributed by atoms with Gasteiger partial charge in [-0.25, -0.2) is 13.2 Å². The second kappa shape index (κ2) is 9.26. The van der Waals surface area contributed by atoms with E-state index in [1.807, 2.05) is 13.8 Å². The highest BCUT2D eigenvalue weighted by molar-refractivity contribution is 5.98. The van der Waals surface area contributed by atoms with Gasteiger partial charge < -0.3 is 9.47 Å². The van der Waals surface area contributed by atoms with E-state index in [1.54, 1.807) is 0 Å². The largest absolute Gasteiger partial charge is 0.451 e. The highest BCUT2D eigenvalue weighted by Crippen LogP contribution is 2.29. The SMILES string of the molecule is CC.O=C(CC(=O)N1CCn2c(nnc2C(F)(F)F)C1)Cc1cc(F)c(F)cc1F. The smallest absolute Gasteiger partial charge is 0.333 e. The number of aromatic nitrogens is 3. The van der Waals surface area contributed by atoms with Gasteiger partial charge in [-0.15, -0.1) is 10.2 Å². The molecular weight excluding hydrogens is 418 g/mol. The second-order valence-corrected chi connectivity index (χ2v) is 6.15. The Kier molecular flexibility index (Phi) is 7.21. The number of carbonyl (C=O) groups is 2. The maximum absolute atomic E-state index is 13.6. The number of Topliss-reactive ketones (excluding diaryl/α,β-unsaturated/α-hetero) is 1. The lowest BCUT2D eigenvalue weighted by Gasteiger charge is -2.27. The van der Waals surface area contributed by atoms with Crippen LogP contribution in [0.25, 0.3) is 0 Å². The van der Waals surface area contributed by atoms with Crippen molar-refractivity contribution in [3.8, 4) is 0 Å². The number of alkyl halides is 3. The molecule has 0 saturated carbocycles. The fraction of sp³-hybridized carbons (Fsp3) is 0.444. The van der Waals surface area contributed by atoms with Crippen LogP contribution in [0, 0.1) is 17.5 Å². The van der Waals surface area contributed by atoms with Crippen molar-refractivity contribution in [3.63, 3.8) is 0 Å². The van der Waals surface area contributed by atoms with Gasteiger partial charge in [-0.3, -0.25) is 9.59 Å². The normalized spacial score (nSPS) is 13.4. The van der Waals surface area contributed by atoms with E-state index in [9.17, 15) is 35.9 Å². The van der Waals surface area contributed by atoms with Gasteiger partial charge in [0.25, 0.3) is 0 Å². The quantitative estimate of drug-likeness (QED) is 0.419. The molecule has 0 bridgehead atoms. The third kappa shape index (κ3) is 5.16. The summed E-state index contributed by atoms with van der Waals surface area (Å²) in [6.45, 7) is 3.43. The number of rotatable bonds is 4. The van der Waals surface area contributed by atoms with Crippen LogP contribution in [0.4, 0.5) is 26.3 Å². The maximum Gasteiger partial charge on any atom is 0.451 e. The molecule has 0 N–H and O–H groups in total. The fourth-order valence-corrected chi connectivity index (χ4v) is 2.83. The molecule has 12 heteroatoms. The van der Waals surface area contributed by atoms with Crippen LogP contribution < -0.4 is 0 Å². The summed E-state index contributed by atoms with van der Waals surface area (Å²) in [6.07, 6.45) is -5.97. The first-order valence-corrected chi connectivity index (χ1v) is 8.98. The zero-order valence-corrected chi connectivity index (χ0v) is 16.1. The molecule has 164 valence electrons. The molecule has 0 unspecified atom stereocenters. The Labute approximate surface area is 167 Å². The summed E-state index contributed by atoms with van der Waals surface area (Å²) in [4.78, 5) is 25.3. The number of fused-ring (bicyclic) bond motifs is 1. The van der Waals surface area contributed by atoms with Gasteiger partial charge in [0, 0.05) is 25.6 Å². The van der Waals surface area contributed by atoms with Crippen molar-refractivity contribution in [2.45, 2.75) is 46.0 Å². The molecule has 3 rings (SSSR count). The molecule has 2 aromatic rings. The number of carbonyl (C=O) groups excluding carboxylic acids is 2. The van der Waals surface area contributed by atoms with Crippen LogP contribution in [-0.2, 0) is 35.3 Å². The second-order valence-electron chi connectivity index (χ2n) is 6.15. The van der Waals surface area contributed by atoms with E-state index in [0.717, 1.165) is 9.47 Å². The molecule has 30 heavy (non-hydrogen) atoms. The van der Waals surface area contributed by atoms with E-state index in [1.165, 1.54) is 0 Å². The number of ketones is 1. The molecule has 1 amide bonds. The topological polar surface area (TPSA) is 68.1 Å². The van der Waals surface area contributed by atoms with Gasteiger partial charge in [0.05, 0.1) is 13.0 Å². The van der Waals surface area contributed by atoms with E-state index in [4.69, 9.17) is 0 Å². The highest BCUT2D eigenvalue weighted by atomic mass is 19.4. The van der Waals surface area contributed by atoms with Gasteiger partial charge in [0.1, 0.15) is 11.6 Å². The minimum absolute atomic E-state index is 0.0778. The molecule has 6 nitrogen and oxygen atoms in total. The van der Waals surface area contributed by atoms with Crippen LogP contribution in [0.1, 0.15) is 37.5 Å². The standard InChI is InChI=1S/C16H12F6N4O2.C2H6/c17-10-6-12(19)11(18)4-8(10)3-9(27)5-14(28)25-1-2-26-13(7-25)23-24-15(26)16(20,21)22;1-2/h4,6H,1-3,5,7H2;1-2H3. The summed E-state index contributed by atoms with van der Waals surface area (Å²) in [5.74, 6) is -6.54. The van der Waals surface area contributed by atoms with Crippen molar-refractivity contribution in [1.29, 1.82) is 0 Å². The average Bonchev–Trinajstić information content (AvgIpc) is 3.11. The number of hydrogen-bond donors (Lipinski definition) is 0. The Morgan fingerprint density at radius 3 is 2.27 bits per heavy atom. The van der Waals surface area contributed by atoms with Gasteiger partial charge in [-0.05, 0) is 11.6 Å². The Hall–Kier alpha value is -2.92. The van der Waals surface area contributed by atoms with Crippen LogP contribution in [0.15, 0.2) is 12.1 Å². The molecule has 0 spiro atoms. The summed E-state index contributed by atoms with van der Waals surface area (Å²) < 4.78 is 78.9. The monoisotopic (exact) mass is 436 g/mol. The van der Waals surface area contributed by atoms with Crippen LogP contribution >= 0.6 is 0 Å². The van der Waals surface area contributed by atoms with Crippen LogP contribution in [0.3, 0.4) is 0 Å². The first kappa shape index (κ1) is 23.4. The van der Waals surface area contributed by atoms with E-state index >= 15 is 0 Å². The number of halogens is 6. The molecule has 1 aliphatic rings. The molecular formula is C18H18F6N4O2. The summed E-state index contributed by atoms with van der Waals surface area (Å²) in [6, 6.07) is 0.838. The van der Waals surface area contributed by atoms with Gasteiger partial charge in [0.2, 0.25) is 11.7 Å². The van der Waals surface area contributed by atoms with Crippen LogP contribution in [0.2, 0.25) is 0 Å². The number of amides is 1. The average molecular weight is 436 g/mol. The summed E-state index contributed by atoms with van der Waals surface area (Å²) in [7, 11) is 0. The van der Waals surface area contributed by atoms with E-state index in [0.29, 0.717) is 12.1 Å². The predicted molar refractivity (Wildman–Crippen MR) is 91.4 cm³/mol. The molecule has 1 aromatic heterocycles. The van der Waals surface area contributed by atoms with Crippen LogP contribution in [0.5, 0.6) is 0 Å². The molecule has 0 radical (unpaired) electrons. The first-order chi connectivity index (χ1) is 14.1. The lowest BCUT2D eigenvalue weighted by Crippen LogP contribution is -2.40. The summed E-state index contributed by atoms with van der Waals surface area (Å²) in [5.41, 5.74) is -0.398. The fourth-order valence-electron chi connectivity index (χ4n) is 2.83. The Morgan fingerprint density at radius 2 is 1.63 bits per heavy atom. The maximum atomic E-state index is 13.6. The Balaban J connectivity index is 0.00000155. The first-order valence-electron chi connectivity index (χ1n) is 8.98. The molecule has 0 atom stereocenters. The van der Waals surface area contributed by atoms with Crippen molar-refractivity contribution < 1.29 is 35.9 Å². The van der Waals surface area contributed by atoms with Gasteiger partial charge in [-0.1, -0.05) is 13.8 Å². The number of nitrogens with zero attached hydrogens (tertiary/aromatic N) is 4. The van der Waals surface area contributed by atoms with Crippen molar-refractivity contribution in [2.75, 3.05) is 6.54 Å². The number of benzene rings is 1. The lowest BCUT2D eigenvalue weighted by molar-refractivity contribution is -0.148. The highest BCUT2D eigenvalue weighted by Gasteiger charge is 2.40. The van der Waals surface area contributed by atoms with Crippen molar-refractivity contribution >= 4 is 11.7 Å². The van der Waals surface area contributed by atoms with Gasteiger partial charge in [-0.2, -0.15) is 13.2 Å². The van der Waals surface area contributed by atoms with E-state index in [2.05, 4.69) is 10.2 Å². The van der Waals surface area contributed by atoms with Gasteiger partial charge in [0.15, 0.2) is 17.5 Å². The van der Waals surface area contributed by atoms with Crippen LogP contribution in [-0.4, -0.2) is 37.9 Å². The molecule has 2 heterocycles. The molecule has 0 aliphatic carbocycles. The lowest BCUT2D eigenvalue weighted by atomic mass is 10.1. The third-order valence-electron chi connectivity index (χ3n) is 4.18. The van der Waals surface area contributed by atoms with Crippen molar-refractivity contribution in [1.82, 2.24) is 19.7 Å². The van der Waals surface area contributed by atoms with E-state index in [-0.39, 0.29) is 25.5 Å². The molecule has 1 aromatic carbocycles. The molecule has 0 saturated heterocycles. The molecule has 1 aliphatic heterocycles. The summed E-state index contributed by atoms with van der Waals surface area (Å²) in [5, 5.41) is 6.50. The Bertz CT molecular complexity index is 941. The minimum atomic E-state index is -4.68.